The summed E-state index contributed by atoms with van der Waals surface area (Å²) in [6.45, 7) is -0.482. The highest BCUT2D eigenvalue weighted by Gasteiger charge is 2.34. The van der Waals surface area contributed by atoms with Crippen molar-refractivity contribution in [3.05, 3.63) is 47.9 Å². The molecular formula is C21H20F4N4O6. The third-order valence-electron chi connectivity index (χ3n) is 5.35. The van der Waals surface area contributed by atoms with Crippen LogP contribution in [0.4, 0.5) is 33.7 Å². The van der Waals surface area contributed by atoms with Crippen molar-refractivity contribution < 1.29 is 45.9 Å². The zero-order valence-corrected chi connectivity index (χ0v) is 18.1. The number of amides is 3. The number of carbonyl (C=O) groups excluding carboxylic acids is 3. The lowest BCUT2D eigenvalue weighted by Crippen LogP contribution is -2.37. The van der Waals surface area contributed by atoms with E-state index in [2.05, 4.69) is 0 Å². The van der Waals surface area contributed by atoms with Crippen molar-refractivity contribution >= 4 is 29.3 Å². The van der Waals surface area contributed by atoms with Crippen LogP contribution in [0.2, 0.25) is 0 Å². The average molecular weight is 500 g/mol. The first-order chi connectivity index (χ1) is 16.7. The third-order valence-corrected chi connectivity index (χ3v) is 5.35. The maximum Gasteiger partial charge on any atom is 0.414 e. The van der Waals surface area contributed by atoms with Crippen LogP contribution < -0.4 is 15.1 Å². The highest BCUT2D eigenvalue weighted by atomic mass is 19.3. The van der Waals surface area contributed by atoms with E-state index in [-0.39, 0.29) is 56.5 Å². The number of rotatable bonds is 6. The monoisotopic (exact) mass is 500 g/mol. The summed E-state index contributed by atoms with van der Waals surface area (Å²) in [5, 5.41) is 2.98. The zero-order valence-electron chi connectivity index (χ0n) is 18.1. The fourth-order valence-electron chi connectivity index (χ4n) is 3.70. The fraction of sp³-hybridized carbons (Fsp3) is 0.381. The Kier molecular flexibility index (Phi) is 7.10. The van der Waals surface area contributed by atoms with Gasteiger partial charge in [-0.05, 0) is 12.1 Å². The molecule has 14 heteroatoms. The Hall–Kier alpha value is -3.81. The van der Waals surface area contributed by atoms with Gasteiger partial charge in [-0.1, -0.05) is 0 Å². The molecule has 0 bridgehead atoms. The summed E-state index contributed by atoms with van der Waals surface area (Å²) in [4.78, 5) is 43.2. The molecule has 0 spiro atoms. The highest BCUT2D eigenvalue weighted by molar-refractivity contribution is 5.91. The van der Waals surface area contributed by atoms with Crippen molar-refractivity contribution in [2.45, 2.75) is 12.5 Å². The highest BCUT2D eigenvalue weighted by Crippen LogP contribution is 2.31. The van der Waals surface area contributed by atoms with Gasteiger partial charge in [0.05, 0.1) is 38.2 Å². The first-order valence-corrected chi connectivity index (χ1v) is 10.5. The molecule has 2 aliphatic rings. The van der Waals surface area contributed by atoms with Crippen molar-refractivity contribution in [2.24, 2.45) is 0 Å². The smallest absolute Gasteiger partial charge is 0.414 e. The lowest BCUT2D eigenvalue weighted by molar-refractivity contribution is -0.132. The fourth-order valence-corrected chi connectivity index (χ4v) is 3.70. The molecular weight excluding hydrogens is 480 g/mol. The molecule has 0 saturated carbocycles. The van der Waals surface area contributed by atoms with Crippen LogP contribution >= 0.6 is 0 Å². The maximum absolute atomic E-state index is 15.0. The lowest BCUT2D eigenvalue weighted by Gasteiger charge is -2.24. The van der Waals surface area contributed by atoms with Gasteiger partial charge in [0, 0.05) is 25.2 Å². The lowest BCUT2D eigenvalue weighted by atomic mass is 10.2. The van der Waals surface area contributed by atoms with Crippen molar-refractivity contribution in [1.82, 2.24) is 10.4 Å². The van der Waals surface area contributed by atoms with E-state index in [1.807, 2.05) is 5.32 Å². The second-order valence-electron chi connectivity index (χ2n) is 7.63. The van der Waals surface area contributed by atoms with Crippen LogP contribution in [0.1, 0.15) is 10.6 Å². The molecule has 1 aromatic heterocycles. The first kappa shape index (κ1) is 24.3. The summed E-state index contributed by atoms with van der Waals surface area (Å²) in [7, 11) is 0. The van der Waals surface area contributed by atoms with Gasteiger partial charge in [0.1, 0.15) is 11.8 Å². The molecule has 1 atom stereocenters. The number of halogens is 4. The van der Waals surface area contributed by atoms with E-state index < -0.39 is 42.1 Å². The van der Waals surface area contributed by atoms with Crippen LogP contribution in [0.5, 0.6) is 0 Å². The Morgan fingerprint density at radius 1 is 1.14 bits per heavy atom. The third kappa shape index (κ3) is 5.31. The van der Waals surface area contributed by atoms with Crippen LogP contribution in [0.15, 0.2) is 34.9 Å². The molecule has 2 aliphatic heterocycles. The summed E-state index contributed by atoms with van der Waals surface area (Å²) >= 11 is 0. The van der Waals surface area contributed by atoms with Gasteiger partial charge in [-0.2, -0.15) is 8.78 Å². The molecule has 1 unspecified atom stereocenters. The number of hydroxylamine groups is 2. The molecule has 188 valence electrons. The molecule has 0 aliphatic carbocycles. The number of nitrogens with one attached hydrogen (secondary N) is 1. The minimum atomic E-state index is -3.22. The van der Waals surface area contributed by atoms with E-state index in [9.17, 15) is 31.9 Å². The SMILES string of the molecule is O=C(NCC1CN(c2cc(F)c(N3CCON(C(=O)c4ccco4)CC3)c(F)c2)C(=O)O1)C(F)F. The van der Waals surface area contributed by atoms with Crippen LogP contribution in [0.3, 0.4) is 0 Å². The van der Waals surface area contributed by atoms with Crippen molar-refractivity contribution in [1.29, 1.82) is 0 Å². The Morgan fingerprint density at radius 2 is 1.89 bits per heavy atom. The minimum Gasteiger partial charge on any atom is -0.459 e. The number of benzene rings is 1. The molecule has 1 aromatic carbocycles. The van der Waals surface area contributed by atoms with Crippen molar-refractivity contribution in [3.63, 3.8) is 0 Å². The standard InChI is InChI=1S/C21H20F4N4O6/c22-14-8-12(28-11-13(35-21(28)32)10-26-19(30)18(24)25)9-15(23)17(14)27-3-4-29(34-7-5-27)20(31)16-2-1-6-33-16/h1-2,6,8-9,13,18H,3-5,7,10-11H2,(H,26,30). The Labute approximate surface area is 195 Å². The Morgan fingerprint density at radius 3 is 2.54 bits per heavy atom. The summed E-state index contributed by atoms with van der Waals surface area (Å²) in [5.41, 5.74) is -0.505. The van der Waals surface area contributed by atoms with Gasteiger partial charge >= 0.3 is 18.4 Å². The number of furan rings is 1. The summed E-state index contributed by atoms with van der Waals surface area (Å²) < 4.78 is 64.6. The number of ether oxygens (including phenoxy) is 1. The van der Waals surface area contributed by atoms with E-state index in [4.69, 9.17) is 14.0 Å². The zero-order chi connectivity index (χ0) is 25.1. The van der Waals surface area contributed by atoms with Gasteiger partial charge in [0.15, 0.2) is 17.4 Å². The van der Waals surface area contributed by atoms with Crippen LogP contribution in [-0.2, 0) is 14.4 Å². The second kappa shape index (κ2) is 10.2. The first-order valence-electron chi connectivity index (χ1n) is 10.5. The number of anilines is 2. The number of alkyl halides is 2. The number of nitrogens with zero attached hydrogens (tertiary/aromatic N) is 3. The quantitative estimate of drug-likeness (QED) is 0.607. The van der Waals surface area contributed by atoms with Gasteiger partial charge < -0.3 is 19.4 Å². The molecule has 3 heterocycles. The normalized spacial score (nSPS) is 18.6. The summed E-state index contributed by atoms with van der Waals surface area (Å²) in [6, 6.07) is 4.89. The van der Waals surface area contributed by atoms with Gasteiger partial charge in [0.2, 0.25) is 0 Å². The molecule has 1 N–H and O–H groups in total. The predicted octanol–water partition coefficient (Wildman–Crippen LogP) is 2.16. The molecule has 2 fully saturated rings. The van der Waals surface area contributed by atoms with Gasteiger partial charge in [-0.25, -0.2) is 18.6 Å². The Bertz CT molecular complexity index is 1080. The van der Waals surface area contributed by atoms with Crippen LogP contribution in [0.25, 0.3) is 0 Å². The van der Waals surface area contributed by atoms with Gasteiger partial charge in [0.25, 0.3) is 5.91 Å². The van der Waals surface area contributed by atoms with Crippen molar-refractivity contribution in [2.75, 3.05) is 49.1 Å². The topological polar surface area (TPSA) is 105 Å². The van der Waals surface area contributed by atoms with E-state index in [1.165, 1.54) is 17.2 Å². The van der Waals surface area contributed by atoms with E-state index >= 15 is 0 Å². The molecule has 0 radical (unpaired) electrons. The largest absolute Gasteiger partial charge is 0.459 e. The maximum atomic E-state index is 15.0. The minimum absolute atomic E-state index is 0.00460. The number of hydrogen-bond acceptors (Lipinski definition) is 7. The molecule has 2 aromatic rings. The molecule has 3 amide bonds. The number of hydrogen-bond donors (Lipinski definition) is 1. The Balaban J connectivity index is 1.43. The van der Waals surface area contributed by atoms with E-state index in [0.717, 1.165) is 22.1 Å². The van der Waals surface area contributed by atoms with Gasteiger partial charge in [-0.15, -0.1) is 0 Å². The molecule has 10 nitrogen and oxygen atoms in total. The van der Waals surface area contributed by atoms with E-state index in [0.29, 0.717) is 0 Å². The van der Waals surface area contributed by atoms with Crippen LogP contribution in [0, 0.1) is 11.6 Å². The molecule has 4 rings (SSSR count). The van der Waals surface area contributed by atoms with E-state index in [1.54, 1.807) is 6.07 Å². The summed E-state index contributed by atoms with van der Waals surface area (Å²) in [5.74, 6) is -3.92. The predicted molar refractivity (Wildman–Crippen MR) is 111 cm³/mol. The summed E-state index contributed by atoms with van der Waals surface area (Å²) in [6.07, 6.45) is -3.81. The second-order valence-corrected chi connectivity index (χ2v) is 7.63. The number of cyclic esters (lactones) is 1. The van der Waals surface area contributed by atoms with Crippen LogP contribution in [-0.4, -0.2) is 74.8 Å². The average Bonchev–Trinajstić information content (AvgIpc) is 3.41. The number of carbonyl (C=O) groups is 3. The van der Waals surface area contributed by atoms with Crippen molar-refractivity contribution in [3.8, 4) is 0 Å². The van der Waals surface area contributed by atoms with Gasteiger partial charge in [-0.3, -0.25) is 19.3 Å². The molecule has 35 heavy (non-hydrogen) atoms. The molecule has 2 saturated heterocycles.